The van der Waals surface area contributed by atoms with E-state index in [9.17, 15) is 14.9 Å². The van der Waals surface area contributed by atoms with Gasteiger partial charge in [0, 0.05) is 19.2 Å². The first kappa shape index (κ1) is 14.9. The Morgan fingerprint density at radius 2 is 2.16 bits per heavy atom. The van der Waals surface area contributed by atoms with Gasteiger partial charge in [-0.2, -0.15) is 0 Å². The SMILES string of the molecule is CCN(CC(C)C(=O)O)c1c(C)cccc1[N+](=O)[O-]. The first-order chi connectivity index (χ1) is 8.88. The predicted molar refractivity (Wildman–Crippen MR) is 72.5 cm³/mol. The number of nitro benzene ring substituents is 1. The summed E-state index contributed by atoms with van der Waals surface area (Å²) < 4.78 is 0. The summed E-state index contributed by atoms with van der Waals surface area (Å²) in [5, 5.41) is 20.0. The van der Waals surface area contributed by atoms with Crippen molar-refractivity contribution in [3.8, 4) is 0 Å². The van der Waals surface area contributed by atoms with Crippen molar-refractivity contribution in [2.75, 3.05) is 18.0 Å². The lowest BCUT2D eigenvalue weighted by Gasteiger charge is -2.26. The summed E-state index contributed by atoms with van der Waals surface area (Å²) in [6.45, 7) is 6.00. The van der Waals surface area contributed by atoms with Crippen molar-refractivity contribution in [1.82, 2.24) is 0 Å². The minimum Gasteiger partial charge on any atom is -0.481 e. The number of aliphatic carboxylic acids is 1. The van der Waals surface area contributed by atoms with Crippen LogP contribution in [0.15, 0.2) is 18.2 Å². The highest BCUT2D eigenvalue weighted by molar-refractivity contribution is 5.72. The van der Waals surface area contributed by atoms with E-state index in [4.69, 9.17) is 5.11 Å². The smallest absolute Gasteiger partial charge is 0.308 e. The van der Waals surface area contributed by atoms with Crippen LogP contribution in [0.5, 0.6) is 0 Å². The third kappa shape index (κ3) is 3.43. The van der Waals surface area contributed by atoms with Crippen LogP contribution >= 0.6 is 0 Å². The molecule has 0 aliphatic heterocycles. The van der Waals surface area contributed by atoms with Crippen LogP contribution in [0.4, 0.5) is 11.4 Å². The standard InChI is InChI=1S/C13H18N2O4/c1-4-14(8-10(3)13(16)17)12-9(2)6-5-7-11(12)15(18)19/h5-7,10H,4,8H2,1-3H3,(H,16,17). The van der Waals surface area contributed by atoms with Crippen molar-refractivity contribution in [3.63, 3.8) is 0 Å². The van der Waals surface area contributed by atoms with E-state index in [0.717, 1.165) is 5.56 Å². The van der Waals surface area contributed by atoms with Gasteiger partial charge in [-0.1, -0.05) is 19.1 Å². The number of benzene rings is 1. The van der Waals surface area contributed by atoms with Crippen LogP contribution in [0, 0.1) is 23.0 Å². The second-order valence-corrected chi connectivity index (χ2v) is 4.48. The van der Waals surface area contributed by atoms with Gasteiger partial charge in [0.1, 0.15) is 5.69 Å². The third-order valence-electron chi connectivity index (χ3n) is 3.03. The Bertz CT molecular complexity index is 488. The summed E-state index contributed by atoms with van der Waals surface area (Å²) >= 11 is 0. The molecule has 0 heterocycles. The van der Waals surface area contributed by atoms with Crippen LogP contribution in [0.1, 0.15) is 19.4 Å². The number of carboxylic acid groups (broad SMARTS) is 1. The van der Waals surface area contributed by atoms with E-state index in [-0.39, 0.29) is 12.2 Å². The van der Waals surface area contributed by atoms with Crippen LogP contribution in [0.2, 0.25) is 0 Å². The van der Waals surface area contributed by atoms with Crippen molar-refractivity contribution < 1.29 is 14.8 Å². The molecule has 0 saturated carbocycles. The maximum Gasteiger partial charge on any atom is 0.308 e. The van der Waals surface area contributed by atoms with E-state index >= 15 is 0 Å². The molecule has 6 heteroatoms. The Morgan fingerprint density at radius 3 is 2.63 bits per heavy atom. The molecule has 1 N–H and O–H groups in total. The normalized spacial score (nSPS) is 11.9. The first-order valence-electron chi connectivity index (χ1n) is 6.10. The number of aryl methyl sites for hydroxylation is 1. The molecular formula is C13H18N2O4. The quantitative estimate of drug-likeness (QED) is 0.631. The maximum atomic E-state index is 11.1. The average molecular weight is 266 g/mol. The predicted octanol–water partition coefficient (Wildman–Crippen LogP) is 2.45. The summed E-state index contributed by atoms with van der Waals surface area (Å²) in [6.07, 6.45) is 0. The van der Waals surface area contributed by atoms with Crippen molar-refractivity contribution in [3.05, 3.63) is 33.9 Å². The van der Waals surface area contributed by atoms with Gasteiger partial charge in [-0.25, -0.2) is 0 Å². The number of hydrogen-bond donors (Lipinski definition) is 1. The molecule has 0 amide bonds. The summed E-state index contributed by atoms with van der Waals surface area (Å²) in [5.41, 5.74) is 1.29. The second kappa shape index (κ2) is 6.17. The zero-order valence-electron chi connectivity index (χ0n) is 11.3. The zero-order valence-corrected chi connectivity index (χ0v) is 11.3. The molecule has 0 fully saturated rings. The van der Waals surface area contributed by atoms with Gasteiger partial charge in [-0.05, 0) is 19.4 Å². The largest absolute Gasteiger partial charge is 0.481 e. The van der Waals surface area contributed by atoms with Gasteiger partial charge >= 0.3 is 5.97 Å². The Morgan fingerprint density at radius 1 is 1.53 bits per heavy atom. The second-order valence-electron chi connectivity index (χ2n) is 4.48. The van der Waals surface area contributed by atoms with Crippen molar-refractivity contribution in [2.24, 2.45) is 5.92 Å². The molecule has 1 aromatic rings. The molecule has 0 saturated heterocycles. The minimum atomic E-state index is -0.908. The highest BCUT2D eigenvalue weighted by atomic mass is 16.6. The fourth-order valence-corrected chi connectivity index (χ4v) is 1.99. The lowest BCUT2D eigenvalue weighted by molar-refractivity contribution is -0.384. The Labute approximate surface area is 111 Å². The van der Waals surface area contributed by atoms with E-state index in [1.54, 1.807) is 30.9 Å². The molecule has 1 aromatic carbocycles. The summed E-state index contributed by atoms with van der Waals surface area (Å²) in [5.74, 6) is -1.49. The molecule has 0 spiro atoms. The molecule has 104 valence electrons. The first-order valence-corrected chi connectivity index (χ1v) is 6.10. The Balaban J connectivity index is 3.17. The molecule has 6 nitrogen and oxygen atoms in total. The summed E-state index contributed by atoms with van der Waals surface area (Å²) in [4.78, 5) is 23.3. The maximum absolute atomic E-state index is 11.1. The Hall–Kier alpha value is -2.11. The molecule has 1 atom stereocenters. The van der Waals surface area contributed by atoms with Gasteiger partial charge in [0.2, 0.25) is 0 Å². The number of para-hydroxylation sites is 1. The van der Waals surface area contributed by atoms with Crippen molar-refractivity contribution >= 4 is 17.3 Å². The minimum absolute atomic E-state index is 0.0134. The van der Waals surface area contributed by atoms with Gasteiger partial charge in [-0.15, -0.1) is 0 Å². The van der Waals surface area contributed by atoms with Crippen LogP contribution in [-0.4, -0.2) is 29.1 Å². The number of carbonyl (C=O) groups is 1. The highest BCUT2D eigenvalue weighted by Gasteiger charge is 2.23. The molecule has 0 aromatic heterocycles. The van der Waals surface area contributed by atoms with Gasteiger partial charge in [0.15, 0.2) is 0 Å². The lowest BCUT2D eigenvalue weighted by atomic mass is 10.1. The molecular weight excluding hydrogens is 248 g/mol. The van der Waals surface area contributed by atoms with Crippen LogP contribution in [0.3, 0.4) is 0 Å². The van der Waals surface area contributed by atoms with Crippen LogP contribution in [0.25, 0.3) is 0 Å². The van der Waals surface area contributed by atoms with E-state index in [0.29, 0.717) is 12.2 Å². The molecule has 0 aliphatic rings. The van der Waals surface area contributed by atoms with Gasteiger partial charge in [0.05, 0.1) is 10.8 Å². The number of rotatable bonds is 6. The van der Waals surface area contributed by atoms with Gasteiger partial charge in [0.25, 0.3) is 5.69 Å². The third-order valence-corrected chi connectivity index (χ3v) is 3.03. The number of nitrogens with zero attached hydrogens (tertiary/aromatic N) is 2. The number of carboxylic acids is 1. The van der Waals surface area contributed by atoms with E-state index in [2.05, 4.69) is 0 Å². The molecule has 0 radical (unpaired) electrons. The van der Waals surface area contributed by atoms with Crippen LogP contribution in [-0.2, 0) is 4.79 Å². The van der Waals surface area contributed by atoms with E-state index in [1.807, 2.05) is 6.92 Å². The molecule has 0 aliphatic carbocycles. The van der Waals surface area contributed by atoms with E-state index in [1.165, 1.54) is 6.07 Å². The molecule has 1 unspecified atom stereocenters. The molecule has 1 rings (SSSR count). The zero-order chi connectivity index (χ0) is 14.6. The fourth-order valence-electron chi connectivity index (χ4n) is 1.99. The lowest BCUT2D eigenvalue weighted by Crippen LogP contribution is -2.32. The summed E-state index contributed by atoms with van der Waals surface area (Å²) in [7, 11) is 0. The Kier molecular flexibility index (Phi) is 4.86. The summed E-state index contributed by atoms with van der Waals surface area (Å²) in [6, 6.07) is 4.86. The number of nitro groups is 1. The molecule has 0 bridgehead atoms. The average Bonchev–Trinajstić information content (AvgIpc) is 2.35. The van der Waals surface area contributed by atoms with Gasteiger partial charge in [-0.3, -0.25) is 14.9 Å². The highest BCUT2D eigenvalue weighted by Crippen LogP contribution is 2.31. The van der Waals surface area contributed by atoms with Crippen molar-refractivity contribution in [2.45, 2.75) is 20.8 Å². The fraction of sp³-hybridized carbons (Fsp3) is 0.462. The van der Waals surface area contributed by atoms with Crippen molar-refractivity contribution in [1.29, 1.82) is 0 Å². The van der Waals surface area contributed by atoms with E-state index < -0.39 is 16.8 Å². The monoisotopic (exact) mass is 266 g/mol. The number of anilines is 1. The number of hydrogen-bond acceptors (Lipinski definition) is 4. The molecule has 19 heavy (non-hydrogen) atoms. The topological polar surface area (TPSA) is 83.7 Å². The van der Waals surface area contributed by atoms with Crippen LogP contribution < -0.4 is 4.90 Å². The van der Waals surface area contributed by atoms with Gasteiger partial charge < -0.3 is 10.0 Å².